The Bertz CT molecular complexity index is 725. The molecule has 0 bridgehead atoms. The van der Waals surface area contributed by atoms with Gasteiger partial charge in [0.15, 0.2) is 0 Å². The van der Waals surface area contributed by atoms with Crippen molar-refractivity contribution in [2.75, 3.05) is 0 Å². The first-order valence-electron chi connectivity index (χ1n) is 7.23. The van der Waals surface area contributed by atoms with E-state index in [2.05, 4.69) is 0 Å². The highest BCUT2D eigenvalue weighted by Gasteiger charge is 1.93. The second-order valence-corrected chi connectivity index (χ2v) is 5.01. The Balaban J connectivity index is 2.02. The lowest BCUT2D eigenvalue weighted by Crippen LogP contribution is -1.85. The predicted molar refractivity (Wildman–Crippen MR) is 95.2 cm³/mol. The van der Waals surface area contributed by atoms with Gasteiger partial charge in [0, 0.05) is 12.2 Å². The maximum absolute atomic E-state index is 10.5. The molecule has 0 spiro atoms. The van der Waals surface area contributed by atoms with E-state index in [1.54, 1.807) is 12.2 Å². The lowest BCUT2D eigenvalue weighted by molar-refractivity contribution is -0.132. The summed E-state index contributed by atoms with van der Waals surface area (Å²) >= 11 is 0. The average Bonchev–Trinajstić information content (AvgIpc) is 2.58. The van der Waals surface area contributed by atoms with Crippen molar-refractivity contribution in [1.29, 1.82) is 0 Å². The van der Waals surface area contributed by atoms with Crippen molar-refractivity contribution >= 4 is 36.2 Å². The van der Waals surface area contributed by atoms with Crippen LogP contribution in [0.4, 0.5) is 0 Å². The van der Waals surface area contributed by atoms with E-state index >= 15 is 0 Å². The topological polar surface area (TPSA) is 74.6 Å². The Morgan fingerprint density at radius 3 is 1.04 bits per heavy atom. The van der Waals surface area contributed by atoms with Gasteiger partial charge >= 0.3 is 11.9 Å². The lowest BCUT2D eigenvalue weighted by atomic mass is 10.1. The van der Waals surface area contributed by atoms with Gasteiger partial charge in [0.05, 0.1) is 0 Å². The van der Waals surface area contributed by atoms with Crippen molar-refractivity contribution in [2.45, 2.75) is 0 Å². The molecule has 0 radical (unpaired) electrons. The number of carboxylic acid groups (broad SMARTS) is 2. The molecular formula is C20H16O4. The Labute approximate surface area is 139 Å². The minimum absolute atomic E-state index is 0.823. The van der Waals surface area contributed by atoms with E-state index in [9.17, 15) is 9.59 Å². The third-order valence-corrected chi connectivity index (χ3v) is 3.18. The highest BCUT2D eigenvalue weighted by molar-refractivity contribution is 5.86. The van der Waals surface area contributed by atoms with E-state index in [1.165, 1.54) is 0 Å². The third kappa shape index (κ3) is 5.77. The molecular weight excluding hydrogens is 304 g/mol. The highest BCUT2D eigenvalue weighted by Crippen LogP contribution is 2.12. The maximum atomic E-state index is 10.5. The van der Waals surface area contributed by atoms with Crippen molar-refractivity contribution in [2.24, 2.45) is 0 Å². The number of carbonyl (C=O) groups is 2. The van der Waals surface area contributed by atoms with E-state index in [-0.39, 0.29) is 0 Å². The number of rotatable bonds is 6. The van der Waals surface area contributed by atoms with Crippen LogP contribution in [0, 0.1) is 0 Å². The Morgan fingerprint density at radius 1 is 0.542 bits per heavy atom. The van der Waals surface area contributed by atoms with Gasteiger partial charge in [-0.1, -0.05) is 60.7 Å². The molecule has 0 fully saturated rings. The Hall–Kier alpha value is -3.40. The van der Waals surface area contributed by atoms with Crippen LogP contribution in [0.3, 0.4) is 0 Å². The van der Waals surface area contributed by atoms with Crippen LogP contribution in [-0.4, -0.2) is 22.2 Å². The fourth-order valence-electron chi connectivity index (χ4n) is 1.96. The minimum atomic E-state index is -0.972. The molecule has 0 saturated heterocycles. The largest absolute Gasteiger partial charge is 0.478 e. The van der Waals surface area contributed by atoms with E-state index in [1.807, 2.05) is 60.7 Å². The highest BCUT2D eigenvalue weighted by atomic mass is 16.4. The summed E-state index contributed by atoms with van der Waals surface area (Å²) in [4.78, 5) is 20.9. The average molecular weight is 320 g/mol. The van der Waals surface area contributed by atoms with Crippen molar-refractivity contribution in [1.82, 2.24) is 0 Å². The van der Waals surface area contributed by atoms with Crippen LogP contribution in [0.15, 0.2) is 60.7 Å². The van der Waals surface area contributed by atoms with Gasteiger partial charge in [-0.15, -0.1) is 0 Å². The molecule has 0 aliphatic heterocycles. The summed E-state index contributed by atoms with van der Waals surface area (Å²) in [6.07, 6.45) is 9.19. The monoisotopic (exact) mass is 320 g/mol. The quantitative estimate of drug-likeness (QED) is 0.622. The van der Waals surface area contributed by atoms with Crippen LogP contribution >= 0.6 is 0 Å². The van der Waals surface area contributed by atoms with Gasteiger partial charge < -0.3 is 10.2 Å². The molecule has 0 saturated carbocycles. The SMILES string of the molecule is O=C(O)/C=C/c1ccc(/C=C/c2ccc(/C=C/C(=O)O)cc2)cc1. The fraction of sp³-hybridized carbons (Fsp3) is 0. The number of carboxylic acids is 2. The summed E-state index contributed by atoms with van der Waals surface area (Å²) in [5, 5.41) is 17.2. The standard InChI is InChI=1S/C20H16O4/c21-19(22)13-11-17-7-3-15(4-8-17)1-2-16-5-9-18(10-6-16)12-14-20(23)24/h1-14H,(H,21,22)(H,23,24)/b2-1+,13-11+,14-12+. The first-order valence-corrected chi connectivity index (χ1v) is 7.23. The van der Waals surface area contributed by atoms with Gasteiger partial charge in [0.2, 0.25) is 0 Å². The van der Waals surface area contributed by atoms with Gasteiger partial charge in [-0.05, 0) is 34.4 Å². The normalized spacial score (nSPS) is 11.5. The zero-order valence-corrected chi connectivity index (χ0v) is 12.8. The van der Waals surface area contributed by atoms with Gasteiger partial charge in [0.25, 0.3) is 0 Å². The molecule has 2 aromatic carbocycles. The van der Waals surface area contributed by atoms with E-state index in [0.29, 0.717) is 0 Å². The van der Waals surface area contributed by atoms with Crippen molar-refractivity contribution in [3.63, 3.8) is 0 Å². The second kappa shape index (κ2) is 8.29. The van der Waals surface area contributed by atoms with Crippen LogP contribution in [0.2, 0.25) is 0 Å². The molecule has 0 unspecified atom stereocenters. The molecule has 2 aromatic rings. The molecule has 0 aromatic heterocycles. The van der Waals surface area contributed by atoms with E-state index in [0.717, 1.165) is 34.4 Å². The Kier molecular flexibility index (Phi) is 5.86. The molecule has 0 aliphatic carbocycles. The van der Waals surface area contributed by atoms with Crippen molar-refractivity contribution in [3.05, 3.63) is 82.9 Å². The maximum Gasteiger partial charge on any atom is 0.328 e. The van der Waals surface area contributed by atoms with Crippen LogP contribution in [0.1, 0.15) is 22.3 Å². The predicted octanol–water partition coefficient (Wildman–Crippen LogP) is 4.05. The zero-order valence-electron chi connectivity index (χ0n) is 12.8. The van der Waals surface area contributed by atoms with Gasteiger partial charge in [-0.2, -0.15) is 0 Å². The van der Waals surface area contributed by atoms with Crippen LogP contribution < -0.4 is 0 Å². The Morgan fingerprint density at radius 2 is 0.792 bits per heavy atom. The van der Waals surface area contributed by atoms with Gasteiger partial charge in [0.1, 0.15) is 0 Å². The molecule has 2 rings (SSSR count). The van der Waals surface area contributed by atoms with Crippen LogP contribution in [-0.2, 0) is 9.59 Å². The lowest BCUT2D eigenvalue weighted by Gasteiger charge is -1.98. The summed E-state index contributed by atoms with van der Waals surface area (Å²) in [7, 11) is 0. The molecule has 24 heavy (non-hydrogen) atoms. The molecule has 0 aliphatic rings. The molecule has 0 atom stereocenters. The van der Waals surface area contributed by atoms with Gasteiger partial charge in [-0.3, -0.25) is 0 Å². The van der Waals surface area contributed by atoms with E-state index in [4.69, 9.17) is 10.2 Å². The first kappa shape index (κ1) is 17.0. The summed E-state index contributed by atoms with van der Waals surface area (Å²) in [6, 6.07) is 15.0. The number of aliphatic carboxylic acids is 2. The number of hydrogen-bond donors (Lipinski definition) is 2. The summed E-state index contributed by atoms with van der Waals surface area (Å²) in [5.41, 5.74) is 3.64. The summed E-state index contributed by atoms with van der Waals surface area (Å²) in [5.74, 6) is -1.94. The van der Waals surface area contributed by atoms with Crippen LogP contribution in [0.5, 0.6) is 0 Å². The van der Waals surface area contributed by atoms with Crippen molar-refractivity contribution in [3.8, 4) is 0 Å². The molecule has 4 nitrogen and oxygen atoms in total. The van der Waals surface area contributed by atoms with E-state index < -0.39 is 11.9 Å². The zero-order chi connectivity index (χ0) is 17.4. The van der Waals surface area contributed by atoms with Crippen LogP contribution in [0.25, 0.3) is 24.3 Å². The number of hydrogen-bond acceptors (Lipinski definition) is 2. The molecule has 0 amide bonds. The second-order valence-electron chi connectivity index (χ2n) is 5.01. The molecule has 120 valence electrons. The third-order valence-electron chi connectivity index (χ3n) is 3.18. The summed E-state index contributed by atoms with van der Waals surface area (Å²) < 4.78 is 0. The minimum Gasteiger partial charge on any atom is -0.478 e. The molecule has 2 N–H and O–H groups in total. The van der Waals surface area contributed by atoms with Crippen molar-refractivity contribution < 1.29 is 19.8 Å². The summed E-state index contributed by atoms with van der Waals surface area (Å²) in [6.45, 7) is 0. The van der Waals surface area contributed by atoms with Gasteiger partial charge in [-0.25, -0.2) is 9.59 Å². The smallest absolute Gasteiger partial charge is 0.328 e. The number of benzene rings is 2. The molecule has 0 heterocycles. The first-order chi connectivity index (χ1) is 11.5. The molecule has 4 heteroatoms. The fourth-order valence-corrected chi connectivity index (χ4v) is 1.96.